The maximum atomic E-state index is 5.30. The molecule has 0 fully saturated rings. The number of hydrogen-bond donors (Lipinski definition) is 1. The van der Waals surface area contributed by atoms with Crippen LogP contribution in [0.5, 0.6) is 5.75 Å². The molecule has 106 valence electrons. The highest BCUT2D eigenvalue weighted by Gasteiger charge is 2.10. The minimum Gasteiger partial charge on any atom is -0.497 e. The van der Waals surface area contributed by atoms with Crippen LogP contribution in [0, 0.1) is 6.92 Å². The molecule has 0 saturated carbocycles. The molecule has 2 nitrogen and oxygen atoms in total. The van der Waals surface area contributed by atoms with Crippen LogP contribution in [-0.2, 0) is 6.42 Å². The normalized spacial score (nSPS) is 12.2. The molecule has 0 amide bonds. The van der Waals surface area contributed by atoms with Crippen molar-refractivity contribution in [3.63, 3.8) is 0 Å². The van der Waals surface area contributed by atoms with Crippen molar-refractivity contribution >= 4 is 0 Å². The van der Waals surface area contributed by atoms with E-state index in [0.717, 1.165) is 18.6 Å². The third kappa shape index (κ3) is 3.61. The maximum absolute atomic E-state index is 5.30. The van der Waals surface area contributed by atoms with Crippen LogP contribution < -0.4 is 10.1 Å². The molecule has 1 N–H and O–H groups in total. The summed E-state index contributed by atoms with van der Waals surface area (Å²) in [4.78, 5) is 0. The second kappa shape index (κ2) is 7.11. The first-order valence-electron chi connectivity index (χ1n) is 7.10. The van der Waals surface area contributed by atoms with Crippen LogP contribution in [0.2, 0.25) is 0 Å². The summed E-state index contributed by atoms with van der Waals surface area (Å²) in [5.41, 5.74) is 4.07. The monoisotopic (exact) mass is 269 g/mol. The zero-order chi connectivity index (χ0) is 14.4. The lowest BCUT2D eigenvalue weighted by molar-refractivity contribution is 0.413. The van der Waals surface area contributed by atoms with Crippen LogP contribution >= 0.6 is 0 Å². The largest absolute Gasteiger partial charge is 0.497 e. The molecular formula is C18H23NO. The van der Waals surface area contributed by atoms with Gasteiger partial charge in [-0.05, 0) is 55.6 Å². The highest BCUT2D eigenvalue weighted by Crippen LogP contribution is 2.23. The number of hydrogen-bond acceptors (Lipinski definition) is 2. The van der Waals surface area contributed by atoms with Crippen molar-refractivity contribution in [1.82, 2.24) is 5.32 Å². The van der Waals surface area contributed by atoms with Gasteiger partial charge in [-0.2, -0.15) is 0 Å². The van der Waals surface area contributed by atoms with E-state index in [1.165, 1.54) is 16.7 Å². The molecule has 0 aromatic heterocycles. The fourth-order valence-electron chi connectivity index (χ4n) is 2.53. The summed E-state index contributed by atoms with van der Waals surface area (Å²) in [6, 6.07) is 17.2. The van der Waals surface area contributed by atoms with Crippen molar-refractivity contribution in [3.05, 3.63) is 65.2 Å². The topological polar surface area (TPSA) is 21.3 Å². The molecule has 0 heterocycles. The molecule has 0 saturated heterocycles. The van der Waals surface area contributed by atoms with E-state index >= 15 is 0 Å². The molecule has 2 aromatic carbocycles. The van der Waals surface area contributed by atoms with Crippen LogP contribution in [-0.4, -0.2) is 14.2 Å². The molecule has 20 heavy (non-hydrogen) atoms. The van der Waals surface area contributed by atoms with Gasteiger partial charge >= 0.3 is 0 Å². The number of ether oxygens (including phenoxy) is 1. The summed E-state index contributed by atoms with van der Waals surface area (Å²) in [5, 5.41) is 3.40. The predicted molar refractivity (Wildman–Crippen MR) is 84.3 cm³/mol. The molecule has 2 aromatic rings. The quantitative estimate of drug-likeness (QED) is 0.859. The smallest absolute Gasteiger partial charge is 0.119 e. The lowest BCUT2D eigenvalue weighted by Gasteiger charge is -2.18. The standard InChI is InChI=1S/C18H23NO/c1-14-7-4-5-8-15(14)11-12-18(19-2)16-9-6-10-17(13-16)20-3/h4-10,13,18-19H,11-12H2,1-3H3. The number of rotatable bonds is 6. The van der Waals surface area contributed by atoms with Crippen molar-refractivity contribution in [2.45, 2.75) is 25.8 Å². The summed E-state index contributed by atoms with van der Waals surface area (Å²) in [5.74, 6) is 0.915. The molecule has 0 aliphatic rings. The van der Waals surface area contributed by atoms with Crippen LogP contribution in [0.15, 0.2) is 48.5 Å². The summed E-state index contributed by atoms with van der Waals surface area (Å²) in [7, 11) is 3.73. The van der Waals surface area contributed by atoms with Gasteiger partial charge in [-0.1, -0.05) is 36.4 Å². The Hall–Kier alpha value is -1.80. The van der Waals surface area contributed by atoms with E-state index in [1.54, 1.807) is 7.11 Å². The van der Waals surface area contributed by atoms with E-state index in [-0.39, 0.29) is 0 Å². The van der Waals surface area contributed by atoms with Gasteiger partial charge < -0.3 is 10.1 Å². The van der Waals surface area contributed by atoms with Crippen LogP contribution in [0.1, 0.15) is 29.2 Å². The Kier molecular flexibility index (Phi) is 5.19. The van der Waals surface area contributed by atoms with Gasteiger partial charge in [0.2, 0.25) is 0 Å². The Labute approximate surface area is 121 Å². The Morgan fingerprint density at radius 3 is 2.60 bits per heavy atom. The first-order valence-corrected chi connectivity index (χ1v) is 7.10. The van der Waals surface area contributed by atoms with Gasteiger partial charge in [-0.25, -0.2) is 0 Å². The van der Waals surface area contributed by atoms with Crippen molar-refractivity contribution in [2.24, 2.45) is 0 Å². The van der Waals surface area contributed by atoms with E-state index in [9.17, 15) is 0 Å². The molecule has 0 radical (unpaired) electrons. The fourth-order valence-corrected chi connectivity index (χ4v) is 2.53. The van der Waals surface area contributed by atoms with Gasteiger partial charge in [-0.15, -0.1) is 0 Å². The van der Waals surface area contributed by atoms with E-state index < -0.39 is 0 Å². The SMILES string of the molecule is CNC(CCc1ccccc1C)c1cccc(OC)c1. The van der Waals surface area contributed by atoms with Gasteiger partial charge in [0.1, 0.15) is 5.75 Å². The van der Waals surface area contributed by atoms with Crippen LogP contribution in [0.25, 0.3) is 0 Å². The highest BCUT2D eigenvalue weighted by atomic mass is 16.5. The minimum atomic E-state index is 0.352. The lowest BCUT2D eigenvalue weighted by Crippen LogP contribution is -2.17. The van der Waals surface area contributed by atoms with Crippen molar-refractivity contribution < 1.29 is 4.74 Å². The fraction of sp³-hybridized carbons (Fsp3) is 0.333. The number of aryl methyl sites for hydroxylation is 2. The summed E-state index contributed by atoms with van der Waals surface area (Å²) in [6.45, 7) is 2.18. The van der Waals surface area contributed by atoms with Crippen molar-refractivity contribution in [3.8, 4) is 5.75 Å². The molecule has 1 unspecified atom stereocenters. The molecule has 2 heteroatoms. The Morgan fingerprint density at radius 2 is 1.90 bits per heavy atom. The molecule has 0 aliphatic heterocycles. The summed E-state index contributed by atoms with van der Waals surface area (Å²) < 4.78 is 5.30. The lowest BCUT2D eigenvalue weighted by atomic mass is 9.97. The first kappa shape index (κ1) is 14.6. The molecule has 1 atom stereocenters. The molecule has 0 bridgehead atoms. The number of nitrogens with one attached hydrogen (secondary N) is 1. The molecule has 2 rings (SSSR count). The van der Waals surface area contributed by atoms with E-state index in [4.69, 9.17) is 4.74 Å². The Balaban J connectivity index is 2.07. The Morgan fingerprint density at radius 1 is 1.10 bits per heavy atom. The average Bonchev–Trinajstić information content (AvgIpc) is 2.50. The van der Waals surface area contributed by atoms with E-state index in [1.807, 2.05) is 19.2 Å². The van der Waals surface area contributed by atoms with Crippen LogP contribution in [0.3, 0.4) is 0 Å². The van der Waals surface area contributed by atoms with Gasteiger partial charge in [-0.3, -0.25) is 0 Å². The zero-order valence-electron chi connectivity index (χ0n) is 12.5. The van der Waals surface area contributed by atoms with Crippen LogP contribution in [0.4, 0.5) is 0 Å². The van der Waals surface area contributed by atoms with Gasteiger partial charge in [0.15, 0.2) is 0 Å². The zero-order valence-corrected chi connectivity index (χ0v) is 12.5. The van der Waals surface area contributed by atoms with Crippen molar-refractivity contribution in [2.75, 3.05) is 14.2 Å². The number of benzene rings is 2. The summed E-state index contributed by atoms with van der Waals surface area (Å²) >= 11 is 0. The van der Waals surface area contributed by atoms with Crippen molar-refractivity contribution in [1.29, 1.82) is 0 Å². The average molecular weight is 269 g/mol. The highest BCUT2D eigenvalue weighted by molar-refractivity contribution is 5.31. The summed E-state index contributed by atoms with van der Waals surface area (Å²) in [6.07, 6.45) is 2.16. The predicted octanol–water partition coefficient (Wildman–Crippen LogP) is 3.90. The second-order valence-electron chi connectivity index (χ2n) is 5.08. The van der Waals surface area contributed by atoms with E-state index in [2.05, 4.69) is 48.6 Å². The Bertz CT molecular complexity index is 551. The van der Waals surface area contributed by atoms with Gasteiger partial charge in [0.05, 0.1) is 7.11 Å². The first-order chi connectivity index (χ1) is 9.74. The minimum absolute atomic E-state index is 0.352. The number of methoxy groups -OCH3 is 1. The van der Waals surface area contributed by atoms with Gasteiger partial charge in [0, 0.05) is 6.04 Å². The maximum Gasteiger partial charge on any atom is 0.119 e. The van der Waals surface area contributed by atoms with E-state index in [0.29, 0.717) is 6.04 Å². The molecule has 0 spiro atoms. The molecular weight excluding hydrogens is 246 g/mol. The third-order valence-electron chi connectivity index (χ3n) is 3.81. The van der Waals surface area contributed by atoms with Gasteiger partial charge in [0.25, 0.3) is 0 Å². The third-order valence-corrected chi connectivity index (χ3v) is 3.81. The molecule has 0 aliphatic carbocycles. The second-order valence-corrected chi connectivity index (χ2v) is 5.08.